The Balaban J connectivity index is 1.52. The van der Waals surface area contributed by atoms with Gasteiger partial charge in [-0.3, -0.25) is 4.79 Å². The summed E-state index contributed by atoms with van der Waals surface area (Å²) in [6, 6.07) is 7.39. The molecule has 1 aromatic rings. The van der Waals surface area contributed by atoms with Gasteiger partial charge >= 0.3 is 6.09 Å². The van der Waals surface area contributed by atoms with Crippen molar-refractivity contribution in [2.45, 2.75) is 58.2 Å². The number of benzene rings is 1. The summed E-state index contributed by atoms with van der Waals surface area (Å²) >= 11 is 0. The quantitative estimate of drug-likeness (QED) is 0.807. The fourth-order valence-electron chi connectivity index (χ4n) is 3.56. The molecular weight excluding hydrogens is 372 g/mol. The number of nitrogens with one attached hydrogen (secondary N) is 1. The van der Waals surface area contributed by atoms with Crippen molar-refractivity contribution in [3.8, 4) is 5.75 Å². The molecule has 2 heterocycles. The zero-order valence-corrected chi connectivity index (χ0v) is 17.6. The van der Waals surface area contributed by atoms with Crippen LogP contribution in [0.25, 0.3) is 0 Å². The Morgan fingerprint density at radius 3 is 2.79 bits per heavy atom. The van der Waals surface area contributed by atoms with E-state index < -0.39 is 5.60 Å². The van der Waals surface area contributed by atoms with E-state index in [1.807, 2.05) is 45.0 Å². The van der Waals surface area contributed by atoms with Crippen molar-refractivity contribution in [1.82, 2.24) is 4.90 Å². The van der Waals surface area contributed by atoms with Crippen LogP contribution in [0.4, 0.5) is 10.5 Å². The maximum absolute atomic E-state index is 12.7. The van der Waals surface area contributed by atoms with Crippen molar-refractivity contribution in [3.05, 3.63) is 24.3 Å². The zero-order valence-electron chi connectivity index (χ0n) is 17.6. The van der Waals surface area contributed by atoms with Gasteiger partial charge in [-0.05, 0) is 58.6 Å². The molecule has 2 saturated heterocycles. The van der Waals surface area contributed by atoms with E-state index >= 15 is 0 Å². The second-order valence-electron chi connectivity index (χ2n) is 8.73. The second-order valence-corrected chi connectivity index (χ2v) is 8.73. The first kappa shape index (κ1) is 21.4. The Bertz CT molecular complexity index is 709. The highest BCUT2D eigenvalue weighted by atomic mass is 16.6. The van der Waals surface area contributed by atoms with Crippen LogP contribution in [-0.2, 0) is 14.3 Å². The lowest BCUT2D eigenvalue weighted by molar-refractivity contribution is -0.121. The van der Waals surface area contributed by atoms with Crippen LogP contribution in [0.3, 0.4) is 0 Å². The third kappa shape index (κ3) is 6.63. The van der Waals surface area contributed by atoms with Crippen molar-refractivity contribution in [3.63, 3.8) is 0 Å². The van der Waals surface area contributed by atoms with Crippen LogP contribution in [-0.4, -0.2) is 54.9 Å². The summed E-state index contributed by atoms with van der Waals surface area (Å²) in [7, 11) is 0. The summed E-state index contributed by atoms with van der Waals surface area (Å²) in [5, 5.41) is 2.96. The molecule has 1 N–H and O–H groups in total. The molecule has 0 radical (unpaired) electrons. The van der Waals surface area contributed by atoms with Crippen LogP contribution in [0, 0.1) is 5.92 Å². The Kier molecular flexibility index (Phi) is 7.00. The van der Waals surface area contributed by atoms with Crippen molar-refractivity contribution in [2.75, 3.05) is 31.6 Å². The van der Waals surface area contributed by atoms with E-state index in [9.17, 15) is 9.59 Å². The van der Waals surface area contributed by atoms with Gasteiger partial charge in [-0.2, -0.15) is 0 Å². The molecule has 0 aliphatic carbocycles. The minimum atomic E-state index is -0.545. The molecular formula is C22H32N2O5. The highest BCUT2D eigenvalue weighted by Crippen LogP contribution is 2.23. The first-order valence-electron chi connectivity index (χ1n) is 10.4. The average Bonchev–Trinajstić information content (AvgIpc) is 3.19. The molecule has 0 spiro atoms. The van der Waals surface area contributed by atoms with Crippen LogP contribution >= 0.6 is 0 Å². The van der Waals surface area contributed by atoms with Crippen molar-refractivity contribution in [1.29, 1.82) is 0 Å². The van der Waals surface area contributed by atoms with Crippen LogP contribution in [0.15, 0.2) is 24.3 Å². The molecule has 2 atom stereocenters. The first-order chi connectivity index (χ1) is 13.8. The summed E-state index contributed by atoms with van der Waals surface area (Å²) in [5.41, 5.74) is 0.144. The highest BCUT2D eigenvalue weighted by Gasteiger charge is 2.31. The first-order valence-corrected chi connectivity index (χ1v) is 10.4. The van der Waals surface area contributed by atoms with E-state index in [2.05, 4.69) is 5.32 Å². The van der Waals surface area contributed by atoms with E-state index in [0.29, 0.717) is 31.1 Å². The number of piperidine rings is 1. The number of carbonyl (C=O) groups is 2. The standard InChI is InChI=1S/C22H32N2O5/c1-22(2,3)29-21(26)24-11-5-7-16(14-24)20(25)23-17-8-4-9-18(13-17)28-15-19-10-6-12-27-19/h4,8-9,13,16,19H,5-7,10-12,14-15H2,1-3H3,(H,23,25)/t16-,19-/m0/s1. The smallest absolute Gasteiger partial charge is 0.410 e. The summed E-state index contributed by atoms with van der Waals surface area (Å²) in [4.78, 5) is 26.7. The zero-order chi connectivity index (χ0) is 20.9. The number of hydrogen-bond acceptors (Lipinski definition) is 5. The van der Waals surface area contributed by atoms with Crippen LogP contribution in [0.1, 0.15) is 46.5 Å². The molecule has 2 amide bonds. The van der Waals surface area contributed by atoms with Crippen molar-refractivity contribution >= 4 is 17.7 Å². The molecule has 160 valence electrons. The number of rotatable bonds is 5. The van der Waals surface area contributed by atoms with Gasteiger partial charge in [-0.15, -0.1) is 0 Å². The van der Waals surface area contributed by atoms with E-state index in [1.165, 1.54) is 0 Å². The predicted molar refractivity (Wildman–Crippen MR) is 110 cm³/mol. The monoisotopic (exact) mass is 404 g/mol. The molecule has 1 aromatic carbocycles. The molecule has 7 nitrogen and oxygen atoms in total. The van der Waals surface area contributed by atoms with Gasteiger partial charge in [0.1, 0.15) is 18.0 Å². The molecule has 3 rings (SSSR count). The number of likely N-dealkylation sites (tertiary alicyclic amines) is 1. The number of amides is 2. The topological polar surface area (TPSA) is 77.1 Å². The second kappa shape index (κ2) is 9.48. The molecule has 7 heteroatoms. The van der Waals surface area contributed by atoms with E-state index in [1.54, 1.807) is 4.90 Å². The van der Waals surface area contributed by atoms with Gasteiger partial charge in [-0.1, -0.05) is 6.07 Å². The fourth-order valence-corrected chi connectivity index (χ4v) is 3.56. The molecule has 2 fully saturated rings. The van der Waals surface area contributed by atoms with Gasteiger partial charge in [0, 0.05) is 31.5 Å². The summed E-state index contributed by atoms with van der Waals surface area (Å²) < 4.78 is 16.8. The predicted octanol–water partition coefficient (Wildman–Crippen LogP) is 3.83. The normalized spacial score (nSPS) is 22.2. The molecule has 0 aromatic heterocycles. The van der Waals surface area contributed by atoms with Gasteiger partial charge in [0.05, 0.1) is 12.0 Å². The summed E-state index contributed by atoms with van der Waals surface area (Å²) in [5.74, 6) is 0.361. The van der Waals surface area contributed by atoms with Crippen molar-refractivity contribution in [2.24, 2.45) is 5.92 Å². The maximum Gasteiger partial charge on any atom is 0.410 e. The minimum Gasteiger partial charge on any atom is -0.491 e. The third-order valence-corrected chi connectivity index (χ3v) is 5.01. The molecule has 2 aliphatic heterocycles. The van der Waals surface area contributed by atoms with Gasteiger partial charge in [0.15, 0.2) is 0 Å². The third-order valence-electron chi connectivity index (χ3n) is 5.01. The number of hydrogen-bond donors (Lipinski definition) is 1. The number of ether oxygens (including phenoxy) is 3. The maximum atomic E-state index is 12.7. The molecule has 29 heavy (non-hydrogen) atoms. The summed E-state index contributed by atoms with van der Waals surface area (Å²) in [6.07, 6.45) is 3.41. The Morgan fingerprint density at radius 2 is 2.07 bits per heavy atom. The van der Waals surface area contributed by atoms with Gasteiger partial charge < -0.3 is 24.4 Å². The molecule has 0 bridgehead atoms. The largest absolute Gasteiger partial charge is 0.491 e. The SMILES string of the molecule is CC(C)(C)OC(=O)N1CCC[C@H](C(=O)Nc2cccc(OC[C@@H]3CCCO3)c2)C1. The van der Waals surface area contributed by atoms with Crippen LogP contribution in [0.2, 0.25) is 0 Å². The highest BCUT2D eigenvalue weighted by molar-refractivity contribution is 5.93. The Hall–Kier alpha value is -2.28. The lowest BCUT2D eigenvalue weighted by Crippen LogP contribution is -2.45. The van der Waals surface area contributed by atoms with Gasteiger partial charge in [0.2, 0.25) is 5.91 Å². The fraction of sp³-hybridized carbons (Fsp3) is 0.636. The van der Waals surface area contributed by atoms with Crippen LogP contribution in [0.5, 0.6) is 5.75 Å². The lowest BCUT2D eigenvalue weighted by Gasteiger charge is -2.33. The average molecular weight is 405 g/mol. The van der Waals surface area contributed by atoms with E-state index in [0.717, 1.165) is 32.3 Å². The summed E-state index contributed by atoms with van der Waals surface area (Å²) in [6.45, 7) is 7.82. The van der Waals surface area contributed by atoms with Crippen LogP contribution < -0.4 is 10.1 Å². The van der Waals surface area contributed by atoms with Crippen molar-refractivity contribution < 1.29 is 23.8 Å². The number of carbonyl (C=O) groups excluding carboxylic acids is 2. The minimum absolute atomic E-state index is 0.0884. The Morgan fingerprint density at radius 1 is 1.24 bits per heavy atom. The molecule has 0 unspecified atom stereocenters. The molecule has 2 aliphatic rings. The van der Waals surface area contributed by atoms with Gasteiger partial charge in [-0.25, -0.2) is 4.79 Å². The van der Waals surface area contributed by atoms with Gasteiger partial charge in [0.25, 0.3) is 0 Å². The van der Waals surface area contributed by atoms with E-state index in [-0.39, 0.29) is 24.0 Å². The van der Waals surface area contributed by atoms with E-state index in [4.69, 9.17) is 14.2 Å². The number of anilines is 1. The Labute approximate surface area is 172 Å². The number of nitrogens with zero attached hydrogens (tertiary/aromatic N) is 1. The lowest BCUT2D eigenvalue weighted by atomic mass is 9.97. The molecule has 0 saturated carbocycles.